The van der Waals surface area contributed by atoms with Crippen LogP contribution in [0.3, 0.4) is 0 Å². The molecule has 0 saturated carbocycles. The summed E-state index contributed by atoms with van der Waals surface area (Å²) in [6.07, 6.45) is 1.84. The van der Waals surface area contributed by atoms with Crippen LogP contribution in [0.2, 0.25) is 0 Å². The molecule has 0 N–H and O–H groups in total. The van der Waals surface area contributed by atoms with Gasteiger partial charge in [-0.1, -0.05) is 35.5 Å². The number of amides is 2. The Kier molecular flexibility index (Phi) is 4.40. The van der Waals surface area contributed by atoms with Crippen LogP contribution in [0.4, 0.5) is 4.79 Å². The number of carbonyl (C=O) groups excluding carboxylic acids is 1. The van der Waals surface area contributed by atoms with E-state index in [2.05, 4.69) is 22.1 Å². The summed E-state index contributed by atoms with van der Waals surface area (Å²) in [5.41, 5.74) is 0.924. The quantitative estimate of drug-likeness (QED) is 0.838. The molecule has 0 bridgehead atoms. The number of likely N-dealkylation sites (N-methyl/N-ethyl adjacent to an activating group) is 1. The topological polar surface area (TPSA) is 65.7 Å². The van der Waals surface area contributed by atoms with Crippen molar-refractivity contribution in [2.75, 3.05) is 39.8 Å². The van der Waals surface area contributed by atoms with E-state index in [0.717, 1.165) is 51.1 Å². The molecule has 3 heterocycles. The van der Waals surface area contributed by atoms with Gasteiger partial charge in [-0.3, -0.25) is 0 Å². The maximum atomic E-state index is 12.9. The van der Waals surface area contributed by atoms with Crippen molar-refractivity contribution < 1.29 is 9.32 Å². The van der Waals surface area contributed by atoms with Crippen molar-refractivity contribution in [2.24, 2.45) is 0 Å². The van der Waals surface area contributed by atoms with Crippen LogP contribution in [0.1, 0.15) is 24.8 Å². The first-order valence-corrected chi connectivity index (χ1v) is 8.85. The van der Waals surface area contributed by atoms with Gasteiger partial charge in [-0.2, -0.15) is 4.98 Å². The summed E-state index contributed by atoms with van der Waals surface area (Å²) in [5, 5.41) is 4.10. The number of aromatic nitrogens is 2. The molecule has 4 rings (SSSR count). The fourth-order valence-electron chi connectivity index (χ4n) is 3.51. The summed E-state index contributed by atoms with van der Waals surface area (Å²) >= 11 is 0. The van der Waals surface area contributed by atoms with Gasteiger partial charge in [0.25, 0.3) is 0 Å². The molecule has 2 saturated heterocycles. The van der Waals surface area contributed by atoms with E-state index in [1.54, 1.807) is 0 Å². The fourth-order valence-corrected chi connectivity index (χ4v) is 3.51. The Morgan fingerprint density at radius 2 is 1.88 bits per heavy atom. The predicted molar refractivity (Wildman–Crippen MR) is 92.9 cm³/mol. The minimum Gasteiger partial charge on any atom is -0.337 e. The Morgan fingerprint density at radius 1 is 1.12 bits per heavy atom. The standard InChI is InChI=1S/C18H23N5O2/c1-21-10-12-22(13-11-21)18(24)23-9-5-8-15(23)17-19-16(20-25-17)14-6-3-2-4-7-14/h2-4,6-7,15H,5,8-13H2,1H3. The van der Waals surface area contributed by atoms with Gasteiger partial charge in [-0.15, -0.1) is 0 Å². The van der Waals surface area contributed by atoms with Gasteiger partial charge in [-0.25, -0.2) is 4.79 Å². The molecule has 1 atom stereocenters. The highest BCUT2D eigenvalue weighted by Gasteiger charge is 2.36. The van der Waals surface area contributed by atoms with Gasteiger partial charge in [0.2, 0.25) is 11.7 Å². The van der Waals surface area contributed by atoms with Gasteiger partial charge >= 0.3 is 6.03 Å². The van der Waals surface area contributed by atoms with E-state index in [-0.39, 0.29) is 12.1 Å². The third-order valence-electron chi connectivity index (χ3n) is 5.03. The number of likely N-dealkylation sites (tertiary alicyclic amines) is 1. The van der Waals surface area contributed by atoms with Gasteiger partial charge in [0, 0.05) is 38.3 Å². The summed E-state index contributed by atoms with van der Waals surface area (Å²) in [4.78, 5) is 23.5. The Bertz CT molecular complexity index is 724. The first kappa shape index (κ1) is 16.1. The van der Waals surface area contributed by atoms with E-state index in [1.807, 2.05) is 40.1 Å². The van der Waals surface area contributed by atoms with Crippen LogP contribution in [-0.2, 0) is 0 Å². The van der Waals surface area contributed by atoms with Crippen LogP contribution in [0, 0.1) is 0 Å². The summed E-state index contributed by atoms with van der Waals surface area (Å²) in [6.45, 7) is 4.14. The van der Waals surface area contributed by atoms with Crippen LogP contribution in [0.15, 0.2) is 34.9 Å². The maximum absolute atomic E-state index is 12.9. The van der Waals surface area contributed by atoms with Gasteiger partial charge in [0.15, 0.2) is 0 Å². The molecule has 2 fully saturated rings. The second-order valence-electron chi connectivity index (χ2n) is 6.75. The minimum absolute atomic E-state index is 0.0926. The van der Waals surface area contributed by atoms with E-state index in [0.29, 0.717) is 11.7 Å². The Morgan fingerprint density at radius 3 is 2.64 bits per heavy atom. The highest BCUT2D eigenvalue weighted by atomic mass is 16.5. The molecule has 1 aromatic heterocycles. The van der Waals surface area contributed by atoms with Crippen molar-refractivity contribution in [3.63, 3.8) is 0 Å². The Labute approximate surface area is 147 Å². The minimum atomic E-state index is -0.114. The number of carbonyl (C=O) groups is 1. The zero-order valence-corrected chi connectivity index (χ0v) is 14.5. The number of benzene rings is 1. The van der Waals surface area contributed by atoms with Crippen LogP contribution in [0.25, 0.3) is 11.4 Å². The largest absolute Gasteiger partial charge is 0.337 e. The summed E-state index contributed by atoms with van der Waals surface area (Å²) in [6, 6.07) is 9.74. The summed E-state index contributed by atoms with van der Waals surface area (Å²) in [5.74, 6) is 1.12. The highest BCUT2D eigenvalue weighted by molar-refractivity contribution is 5.75. The monoisotopic (exact) mass is 341 g/mol. The number of piperazine rings is 1. The van der Waals surface area contributed by atoms with Gasteiger partial charge in [0.1, 0.15) is 6.04 Å². The lowest BCUT2D eigenvalue weighted by atomic mass is 10.2. The lowest BCUT2D eigenvalue weighted by molar-refractivity contribution is 0.113. The second kappa shape index (κ2) is 6.84. The average Bonchev–Trinajstić information content (AvgIpc) is 3.32. The molecule has 0 radical (unpaired) electrons. The number of hydrogen-bond donors (Lipinski definition) is 0. The lowest BCUT2D eigenvalue weighted by Gasteiger charge is -2.36. The van der Waals surface area contributed by atoms with Crippen molar-refractivity contribution in [1.29, 1.82) is 0 Å². The van der Waals surface area contributed by atoms with Crippen molar-refractivity contribution in [2.45, 2.75) is 18.9 Å². The predicted octanol–water partition coefficient (Wildman–Crippen LogP) is 2.24. The molecule has 1 unspecified atom stereocenters. The zero-order valence-electron chi connectivity index (χ0n) is 14.5. The molecule has 7 heteroatoms. The smallest absolute Gasteiger partial charge is 0.320 e. The molecule has 2 aliphatic rings. The summed E-state index contributed by atoms with van der Waals surface area (Å²) < 4.78 is 5.51. The van der Waals surface area contributed by atoms with E-state index < -0.39 is 0 Å². The molecule has 2 aliphatic heterocycles. The van der Waals surface area contributed by atoms with Crippen molar-refractivity contribution >= 4 is 6.03 Å². The van der Waals surface area contributed by atoms with Gasteiger partial charge in [-0.05, 0) is 19.9 Å². The number of nitrogens with zero attached hydrogens (tertiary/aromatic N) is 5. The summed E-state index contributed by atoms with van der Waals surface area (Å²) in [7, 11) is 2.09. The molecule has 1 aromatic carbocycles. The molecule has 2 amide bonds. The first-order valence-electron chi connectivity index (χ1n) is 8.85. The Hall–Kier alpha value is -2.41. The molecule has 0 aliphatic carbocycles. The second-order valence-corrected chi connectivity index (χ2v) is 6.75. The maximum Gasteiger partial charge on any atom is 0.320 e. The SMILES string of the molecule is CN1CCN(C(=O)N2CCCC2c2nc(-c3ccccc3)no2)CC1. The number of rotatable bonds is 2. The normalized spacial score (nSPS) is 21.7. The van der Waals surface area contributed by atoms with E-state index in [9.17, 15) is 4.79 Å². The average molecular weight is 341 g/mol. The Balaban J connectivity index is 1.50. The number of urea groups is 1. The van der Waals surface area contributed by atoms with Crippen molar-refractivity contribution in [1.82, 2.24) is 24.8 Å². The van der Waals surface area contributed by atoms with E-state index >= 15 is 0 Å². The van der Waals surface area contributed by atoms with Crippen molar-refractivity contribution in [3.05, 3.63) is 36.2 Å². The van der Waals surface area contributed by atoms with Gasteiger partial charge < -0.3 is 19.2 Å². The fraction of sp³-hybridized carbons (Fsp3) is 0.500. The van der Waals surface area contributed by atoms with Gasteiger partial charge in [0.05, 0.1) is 0 Å². The molecular weight excluding hydrogens is 318 g/mol. The third kappa shape index (κ3) is 3.24. The molecule has 132 valence electrons. The molecule has 2 aromatic rings. The van der Waals surface area contributed by atoms with E-state index in [1.165, 1.54) is 0 Å². The van der Waals surface area contributed by atoms with Crippen LogP contribution >= 0.6 is 0 Å². The third-order valence-corrected chi connectivity index (χ3v) is 5.03. The molecule has 25 heavy (non-hydrogen) atoms. The van der Waals surface area contributed by atoms with Crippen LogP contribution in [-0.4, -0.2) is 70.6 Å². The lowest BCUT2D eigenvalue weighted by Crippen LogP contribution is -2.51. The zero-order chi connectivity index (χ0) is 17.2. The molecular formula is C18H23N5O2. The van der Waals surface area contributed by atoms with Crippen LogP contribution < -0.4 is 0 Å². The number of hydrogen-bond acceptors (Lipinski definition) is 5. The van der Waals surface area contributed by atoms with Crippen molar-refractivity contribution in [3.8, 4) is 11.4 Å². The molecule has 7 nitrogen and oxygen atoms in total. The van der Waals surface area contributed by atoms with Crippen LogP contribution in [0.5, 0.6) is 0 Å². The first-order chi connectivity index (χ1) is 12.2. The molecule has 0 spiro atoms. The van der Waals surface area contributed by atoms with E-state index in [4.69, 9.17) is 4.52 Å². The highest BCUT2D eigenvalue weighted by Crippen LogP contribution is 2.33.